The first-order chi connectivity index (χ1) is 12.8. The summed E-state index contributed by atoms with van der Waals surface area (Å²) < 4.78 is 34.2. The summed E-state index contributed by atoms with van der Waals surface area (Å²) in [6.07, 6.45) is 5.93. The number of benzene rings is 1. The van der Waals surface area contributed by atoms with Crippen LogP contribution in [0.3, 0.4) is 0 Å². The van der Waals surface area contributed by atoms with Gasteiger partial charge in [0.25, 0.3) is 10.1 Å². The van der Waals surface area contributed by atoms with Gasteiger partial charge in [-0.3, -0.25) is 4.18 Å². The average Bonchev–Trinajstić information content (AvgIpc) is 2.65. The summed E-state index contributed by atoms with van der Waals surface area (Å²) in [5.74, 6) is 0. The molecular weight excluding hydrogens is 368 g/mol. The van der Waals surface area contributed by atoms with E-state index in [9.17, 15) is 18.6 Å². The fraction of sp³-hybridized carbons (Fsp3) is 0.700. The van der Waals surface area contributed by atoms with Crippen LogP contribution in [0.1, 0.15) is 56.9 Å². The molecule has 2 N–H and O–H groups in total. The van der Waals surface area contributed by atoms with Crippen LogP contribution >= 0.6 is 0 Å². The maximum absolute atomic E-state index is 12.0. The van der Waals surface area contributed by atoms with Crippen molar-refractivity contribution in [2.24, 2.45) is 0 Å². The van der Waals surface area contributed by atoms with Crippen LogP contribution < -0.4 is 0 Å². The van der Waals surface area contributed by atoms with E-state index < -0.39 is 22.3 Å². The molecule has 7 heteroatoms. The first-order valence-corrected chi connectivity index (χ1v) is 11.1. The van der Waals surface area contributed by atoms with Crippen LogP contribution in [0.2, 0.25) is 0 Å². The van der Waals surface area contributed by atoms with Crippen molar-refractivity contribution in [2.45, 2.75) is 87.6 Å². The number of rotatable bonds is 4. The average molecular weight is 401 g/mol. The van der Waals surface area contributed by atoms with Gasteiger partial charge in [0.1, 0.15) is 6.10 Å². The Morgan fingerprint density at radius 2 is 1.33 bits per heavy atom. The van der Waals surface area contributed by atoms with Gasteiger partial charge in [0, 0.05) is 7.11 Å². The smallest absolute Gasteiger partial charge is 0.297 e. The lowest BCUT2D eigenvalue weighted by Gasteiger charge is -2.26. The first-order valence-electron chi connectivity index (χ1n) is 9.72. The van der Waals surface area contributed by atoms with Crippen LogP contribution in [0, 0.1) is 6.92 Å². The van der Waals surface area contributed by atoms with Crippen LogP contribution in [-0.2, 0) is 19.0 Å². The highest BCUT2D eigenvalue weighted by atomic mass is 32.2. The molecule has 0 aliphatic heterocycles. The molecule has 6 nitrogen and oxygen atoms in total. The van der Waals surface area contributed by atoms with Gasteiger partial charge in [-0.05, 0) is 44.7 Å². The number of hydrogen-bond donors (Lipinski definition) is 2. The van der Waals surface area contributed by atoms with E-state index in [-0.39, 0.29) is 17.1 Å². The maximum Gasteiger partial charge on any atom is 0.297 e. The van der Waals surface area contributed by atoms with E-state index in [1.165, 1.54) is 18.6 Å². The summed E-state index contributed by atoms with van der Waals surface area (Å²) in [6.45, 7) is 1.89. The van der Waals surface area contributed by atoms with Crippen molar-refractivity contribution < 1.29 is 27.6 Å². The minimum atomic E-state index is -3.77. The molecule has 2 aliphatic carbocycles. The maximum atomic E-state index is 12.0. The standard InChI is InChI=1S/C13H18O4S.C7H14O2/c1-10-6-8-11(9-7-10)18(15,16)17-13-5-3-2-4-12(13)14;1-9-7-5-3-2-4-6(7)8/h6-9,12-14H,2-5H2,1H3;6-8H,2-5H2,1H3/t12-,13+;6-,7+/m10/s1. The molecule has 0 bridgehead atoms. The fourth-order valence-electron chi connectivity index (χ4n) is 3.46. The van der Waals surface area contributed by atoms with Gasteiger partial charge in [-0.25, -0.2) is 0 Å². The second-order valence-corrected chi connectivity index (χ2v) is 8.95. The van der Waals surface area contributed by atoms with Crippen LogP contribution in [0.15, 0.2) is 29.2 Å². The molecule has 2 saturated carbocycles. The van der Waals surface area contributed by atoms with Crippen molar-refractivity contribution in [1.82, 2.24) is 0 Å². The number of ether oxygens (including phenoxy) is 1. The van der Waals surface area contributed by atoms with Crippen molar-refractivity contribution >= 4 is 10.1 Å². The molecule has 27 heavy (non-hydrogen) atoms. The van der Waals surface area contributed by atoms with E-state index in [4.69, 9.17) is 8.92 Å². The molecule has 0 heterocycles. The summed E-state index contributed by atoms with van der Waals surface area (Å²) in [6, 6.07) is 6.51. The Balaban J connectivity index is 0.000000244. The van der Waals surface area contributed by atoms with E-state index in [1.807, 2.05) is 6.92 Å². The van der Waals surface area contributed by atoms with Gasteiger partial charge in [-0.15, -0.1) is 0 Å². The Morgan fingerprint density at radius 1 is 0.852 bits per heavy atom. The van der Waals surface area contributed by atoms with Gasteiger partial charge in [0.2, 0.25) is 0 Å². The molecule has 0 unspecified atom stereocenters. The zero-order valence-corrected chi connectivity index (χ0v) is 17.0. The third kappa shape index (κ3) is 6.84. The lowest BCUT2D eigenvalue weighted by molar-refractivity contribution is -0.0359. The second kappa shape index (κ2) is 10.5. The molecule has 0 radical (unpaired) electrons. The first kappa shape index (κ1) is 22.3. The van der Waals surface area contributed by atoms with Crippen LogP contribution in [0.25, 0.3) is 0 Å². The number of aliphatic hydroxyl groups is 2. The summed E-state index contributed by atoms with van der Waals surface area (Å²) in [5, 5.41) is 19.0. The number of aliphatic hydroxyl groups excluding tert-OH is 2. The van der Waals surface area contributed by atoms with Crippen molar-refractivity contribution in [3.63, 3.8) is 0 Å². The van der Waals surface area contributed by atoms with Crippen molar-refractivity contribution in [1.29, 1.82) is 0 Å². The molecular formula is C20H32O6S. The summed E-state index contributed by atoms with van der Waals surface area (Å²) >= 11 is 0. The Morgan fingerprint density at radius 3 is 1.78 bits per heavy atom. The SMILES string of the molecule is CO[C@@H]1CCCC[C@@H]1O.Cc1ccc(S(=O)(=O)O[C@H]2CCCC[C@H]2O)cc1. The highest BCUT2D eigenvalue weighted by molar-refractivity contribution is 7.86. The molecule has 154 valence electrons. The van der Waals surface area contributed by atoms with Crippen molar-refractivity contribution in [3.05, 3.63) is 29.8 Å². The van der Waals surface area contributed by atoms with Crippen molar-refractivity contribution in [3.8, 4) is 0 Å². The van der Waals surface area contributed by atoms with Gasteiger partial charge in [-0.1, -0.05) is 43.4 Å². The molecule has 0 amide bonds. The third-order valence-electron chi connectivity index (χ3n) is 5.20. The molecule has 0 spiro atoms. The number of hydrogen-bond acceptors (Lipinski definition) is 6. The fourth-order valence-corrected chi connectivity index (χ4v) is 4.60. The molecule has 0 aromatic heterocycles. The molecule has 1 aromatic carbocycles. The highest BCUT2D eigenvalue weighted by Gasteiger charge is 2.29. The van der Waals surface area contributed by atoms with Crippen LogP contribution in [0.5, 0.6) is 0 Å². The zero-order chi connectivity index (χ0) is 19.9. The van der Waals surface area contributed by atoms with E-state index in [0.717, 1.165) is 37.7 Å². The van der Waals surface area contributed by atoms with E-state index >= 15 is 0 Å². The second-order valence-electron chi connectivity index (χ2n) is 7.38. The van der Waals surface area contributed by atoms with Gasteiger partial charge in [0.05, 0.1) is 23.2 Å². The lowest BCUT2D eigenvalue weighted by atomic mass is 9.95. The van der Waals surface area contributed by atoms with Gasteiger partial charge < -0.3 is 14.9 Å². The summed E-state index contributed by atoms with van der Waals surface area (Å²) in [5.41, 5.74) is 0.992. The van der Waals surface area contributed by atoms with Gasteiger partial charge in [0.15, 0.2) is 0 Å². The van der Waals surface area contributed by atoms with E-state index in [1.54, 1.807) is 19.2 Å². The molecule has 4 atom stereocenters. The van der Waals surface area contributed by atoms with E-state index in [2.05, 4.69) is 0 Å². The Labute approximate surface area is 162 Å². The predicted molar refractivity (Wildman–Crippen MR) is 103 cm³/mol. The Kier molecular flexibility index (Phi) is 8.69. The predicted octanol–water partition coefficient (Wildman–Crippen LogP) is 2.94. The largest absolute Gasteiger partial charge is 0.390 e. The lowest BCUT2D eigenvalue weighted by Crippen LogP contribution is -2.34. The topological polar surface area (TPSA) is 93.1 Å². The summed E-state index contributed by atoms with van der Waals surface area (Å²) in [7, 11) is -2.10. The summed E-state index contributed by atoms with van der Waals surface area (Å²) in [4.78, 5) is 0.144. The minimum absolute atomic E-state index is 0.110. The normalized spacial score (nSPS) is 28.9. The van der Waals surface area contributed by atoms with Crippen LogP contribution in [0.4, 0.5) is 0 Å². The third-order valence-corrected chi connectivity index (χ3v) is 6.55. The highest BCUT2D eigenvalue weighted by Crippen LogP contribution is 2.25. The monoisotopic (exact) mass is 400 g/mol. The molecule has 2 fully saturated rings. The molecule has 3 rings (SSSR count). The van der Waals surface area contributed by atoms with Gasteiger partial charge in [-0.2, -0.15) is 8.42 Å². The zero-order valence-electron chi connectivity index (χ0n) is 16.2. The number of methoxy groups -OCH3 is 1. The molecule has 0 saturated heterocycles. The molecule has 1 aromatic rings. The Bertz CT molecular complexity index is 658. The van der Waals surface area contributed by atoms with Crippen molar-refractivity contribution in [2.75, 3.05) is 7.11 Å². The Hall–Kier alpha value is -0.990. The van der Waals surface area contributed by atoms with Crippen LogP contribution in [-0.4, -0.2) is 50.2 Å². The quantitative estimate of drug-likeness (QED) is 0.755. The minimum Gasteiger partial charge on any atom is -0.390 e. The van der Waals surface area contributed by atoms with E-state index in [0.29, 0.717) is 12.8 Å². The van der Waals surface area contributed by atoms with Gasteiger partial charge >= 0.3 is 0 Å². The molecule has 2 aliphatic rings. The number of aryl methyl sites for hydroxylation is 1.